The van der Waals surface area contributed by atoms with E-state index in [1.165, 1.54) is 24.3 Å². The molecule has 33 heavy (non-hydrogen) atoms. The van der Waals surface area contributed by atoms with Crippen LogP contribution >= 0.6 is 0 Å². The summed E-state index contributed by atoms with van der Waals surface area (Å²) in [6.07, 6.45) is 0.946. The minimum absolute atomic E-state index is 0.0472. The number of benzene rings is 2. The second kappa shape index (κ2) is 9.46. The summed E-state index contributed by atoms with van der Waals surface area (Å²) in [5, 5.41) is 38.8. The molecule has 0 unspecified atom stereocenters. The molecule has 0 amide bonds. The lowest BCUT2D eigenvalue weighted by Gasteiger charge is -2.13. The Morgan fingerprint density at radius 3 is 2.33 bits per heavy atom. The van der Waals surface area contributed by atoms with Gasteiger partial charge in [-0.3, -0.25) is 20.2 Å². The Labute approximate surface area is 184 Å². The molecule has 3 N–H and O–H groups in total. The van der Waals surface area contributed by atoms with Crippen LogP contribution in [0.5, 0.6) is 5.75 Å². The number of hydrazone groups is 1. The Hall–Kier alpha value is -4.95. The Balaban J connectivity index is 1.89. The number of nitrogens with one attached hydrogen (secondary N) is 2. The molecule has 0 saturated heterocycles. The average Bonchev–Trinajstić information content (AvgIpc) is 2.76. The fourth-order valence-corrected chi connectivity index (χ4v) is 2.46. The van der Waals surface area contributed by atoms with Crippen molar-refractivity contribution in [2.24, 2.45) is 5.10 Å². The number of hydrogen-bond donors (Lipinski definition) is 3. The normalized spacial score (nSPS) is 10.8. The van der Waals surface area contributed by atoms with Crippen LogP contribution in [0.1, 0.15) is 5.56 Å². The Morgan fingerprint density at radius 1 is 1.06 bits per heavy atom. The molecule has 170 valence electrons. The van der Waals surface area contributed by atoms with Crippen LogP contribution in [0, 0.1) is 26.0 Å². The standard InChI is InChI=1S/C18H16FN9O5/c1-26(2)18-23-16(21-12-5-3-11(19)4-6-12)22-17(24-18)25-20-9-10-7-13(27(30)31)8-14(15(10)29)28(32)33/h3-9,29H,1-2H3,(H2,21,22,23,24,25)/b20-9-. The van der Waals surface area contributed by atoms with Crippen LogP contribution in [-0.4, -0.2) is 50.2 Å². The number of nitro groups is 2. The third kappa shape index (κ3) is 5.60. The second-order valence-electron chi connectivity index (χ2n) is 6.60. The molecule has 0 spiro atoms. The fourth-order valence-electron chi connectivity index (χ4n) is 2.46. The van der Waals surface area contributed by atoms with Gasteiger partial charge >= 0.3 is 5.69 Å². The van der Waals surface area contributed by atoms with Gasteiger partial charge in [-0.25, -0.2) is 9.82 Å². The van der Waals surface area contributed by atoms with Crippen LogP contribution in [0.25, 0.3) is 0 Å². The second-order valence-corrected chi connectivity index (χ2v) is 6.60. The number of nitrogens with zero attached hydrogens (tertiary/aromatic N) is 7. The Kier molecular flexibility index (Phi) is 6.52. The van der Waals surface area contributed by atoms with Crippen LogP contribution in [0.3, 0.4) is 0 Å². The molecule has 0 aliphatic rings. The molecule has 0 saturated carbocycles. The van der Waals surface area contributed by atoms with E-state index in [0.29, 0.717) is 11.8 Å². The summed E-state index contributed by atoms with van der Waals surface area (Å²) in [5.41, 5.74) is 1.28. The van der Waals surface area contributed by atoms with E-state index in [0.717, 1.165) is 12.3 Å². The number of hydrogen-bond acceptors (Lipinski definition) is 12. The van der Waals surface area contributed by atoms with E-state index >= 15 is 0 Å². The molecule has 2 aromatic carbocycles. The van der Waals surface area contributed by atoms with E-state index in [1.54, 1.807) is 19.0 Å². The molecule has 0 atom stereocenters. The third-order valence-corrected chi connectivity index (χ3v) is 4.00. The highest BCUT2D eigenvalue weighted by Crippen LogP contribution is 2.33. The van der Waals surface area contributed by atoms with Crippen molar-refractivity contribution in [1.29, 1.82) is 0 Å². The summed E-state index contributed by atoms with van der Waals surface area (Å²) < 4.78 is 13.1. The van der Waals surface area contributed by atoms with Crippen LogP contribution < -0.4 is 15.6 Å². The van der Waals surface area contributed by atoms with Gasteiger partial charge in [-0.05, 0) is 24.3 Å². The monoisotopic (exact) mass is 457 g/mol. The van der Waals surface area contributed by atoms with Crippen molar-refractivity contribution >= 4 is 41.1 Å². The highest BCUT2D eigenvalue weighted by Gasteiger charge is 2.23. The number of anilines is 4. The van der Waals surface area contributed by atoms with Gasteiger partial charge in [-0.2, -0.15) is 20.1 Å². The lowest BCUT2D eigenvalue weighted by Crippen LogP contribution is -2.15. The lowest BCUT2D eigenvalue weighted by atomic mass is 10.1. The predicted octanol–water partition coefficient (Wildman–Crippen LogP) is 2.79. The molecule has 0 aliphatic carbocycles. The lowest BCUT2D eigenvalue weighted by molar-refractivity contribution is -0.394. The first-order valence-electron chi connectivity index (χ1n) is 9.05. The van der Waals surface area contributed by atoms with E-state index < -0.39 is 32.8 Å². The summed E-state index contributed by atoms with van der Waals surface area (Å²) in [5.74, 6) is -0.909. The molecule has 0 bridgehead atoms. The van der Waals surface area contributed by atoms with Crippen LogP contribution in [0.15, 0.2) is 41.5 Å². The van der Waals surface area contributed by atoms with E-state index in [4.69, 9.17) is 0 Å². The van der Waals surface area contributed by atoms with Crippen molar-refractivity contribution in [1.82, 2.24) is 15.0 Å². The molecule has 1 heterocycles. The summed E-state index contributed by atoms with van der Waals surface area (Å²) in [7, 11) is 3.37. The highest BCUT2D eigenvalue weighted by molar-refractivity contribution is 5.87. The quantitative estimate of drug-likeness (QED) is 0.256. The Morgan fingerprint density at radius 2 is 1.73 bits per heavy atom. The molecule has 0 fully saturated rings. The average molecular weight is 457 g/mol. The number of phenols is 1. The maximum Gasteiger partial charge on any atom is 0.318 e. The van der Waals surface area contributed by atoms with E-state index in [1.807, 2.05) is 0 Å². The molecule has 3 rings (SSSR count). The number of aromatic nitrogens is 3. The zero-order valence-corrected chi connectivity index (χ0v) is 17.1. The minimum atomic E-state index is -0.949. The largest absolute Gasteiger partial charge is 0.502 e. The molecule has 3 aromatic rings. The first-order valence-corrected chi connectivity index (χ1v) is 9.05. The molecular weight excluding hydrogens is 441 g/mol. The van der Waals surface area contributed by atoms with Crippen molar-refractivity contribution in [3.63, 3.8) is 0 Å². The number of rotatable bonds is 8. The number of aromatic hydroxyl groups is 1. The van der Waals surface area contributed by atoms with Gasteiger partial charge in [-0.15, -0.1) is 0 Å². The topological polar surface area (TPSA) is 185 Å². The molecule has 0 aliphatic heterocycles. The maximum absolute atomic E-state index is 13.1. The van der Waals surface area contributed by atoms with Crippen molar-refractivity contribution in [2.75, 3.05) is 29.7 Å². The molecule has 15 heteroatoms. The number of nitro benzene ring substituents is 2. The van der Waals surface area contributed by atoms with Gasteiger partial charge in [0.2, 0.25) is 23.6 Å². The van der Waals surface area contributed by atoms with E-state index in [-0.39, 0.29) is 23.4 Å². The van der Waals surface area contributed by atoms with Gasteiger partial charge < -0.3 is 15.3 Å². The summed E-state index contributed by atoms with van der Waals surface area (Å²) in [6.45, 7) is 0. The maximum atomic E-state index is 13.1. The fraction of sp³-hybridized carbons (Fsp3) is 0.111. The van der Waals surface area contributed by atoms with Crippen LogP contribution in [0.4, 0.5) is 39.3 Å². The van der Waals surface area contributed by atoms with Gasteiger partial charge in [0.15, 0.2) is 0 Å². The third-order valence-electron chi connectivity index (χ3n) is 4.00. The van der Waals surface area contributed by atoms with E-state index in [2.05, 4.69) is 30.8 Å². The van der Waals surface area contributed by atoms with Crippen molar-refractivity contribution < 1.29 is 19.3 Å². The molecular formula is C18H16FN9O5. The first-order chi connectivity index (χ1) is 15.6. The minimum Gasteiger partial charge on any atom is -0.502 e. The zero-order chi connectivity index (χ0) is 24.1. The van der Waals surface area contributed by atoms with Gasteiger partial charge in [0, 0.05) is 25.8 Å². The van der Waals surface area contributed by atoms with Gasteiger partial charge in [0.05, 0.1) is 27.7 Å². The van der Waals surface area contributed by atoms with E-state index in [9.17, 15) is 29.7 Å². The molecule has 1 aromatic heterocycles. The van der Waals surface area contributed by atoms with Gasteiger partial charge in [-0.1, -0.05) is 0 Å². The van der Waals surface area contributed by atoms with Crippen LogP contribution in [0.2, 0.25) is 0 Å². The smallest absolute Gasteiger partial charge is 0.318 e. The van der Waals surface area contributed by atoms with Crippen molar-refractivity contribution in [3.8, 4) is 5.75 Å². The first kappa shape index (κ1) is 22.7. The van der Waals surface area contributed by atoms with Crippen molar-refractivity contribution in [2.45, 2.75) is 0 Å². The number of non-ortho nitro benzene ring substituents is 1. The highest BCUT2D eigenvalue weighted by atomic mass is 19.1. The van der Waals surface area contributed by atoms with Gasteiger partial charge in [0.25, 0.3) is 5.69 Å². The summed E-state index contributed by atoms with van der Waals surface area (Å²) in [4.78, 5) is 34.3. The van der Waals surface area contributed by atoms with Crippen molar-refractivity contribution in [3.05, 3.63) is 68.0 Å². The molecule has 0 radical (unpaired) electrons. The zero-order valence-electron chi connectivity index (χ0n) is 17.1. The predicted molar refractivity (Wildman–Crippen MR) is 116 cm³/mol. The Bertz CT molecular complexity index is 1230. The molecule has 14 nitrogen and oxygen atoms in total. The number of phenolic OH excluding ortho intramolecular Hbond substituents is 1. The SMILES string of the molecule is CN(C)c1nc(N/N=C\c2cc([N+](=O)[O-])cc([N+](=O)[O-])c2O)nc(Nc2ccc(F)cc2)n1. The van der Waals surface area contributed by atoms with Crippen LogP contribution in [-0.2, 0) is 0 Å². The number of halogens is 1. The summed E-state index contributed by atoms with van der Waals surface area (Å²) >= 11 is 0. The van der Waals surface area contributed by atoms with Gasteiger partial charge in [0.1, 0.15) is 5.82 Å². The summed E-state index contributed by atoms with van der Waals surface area (Å²) in [6, 6.07) is 7.04.